The van der Waals surface area contributed by atoms with E-state index in [0.29, 0.717) is 11.6 Å². The van der Waals surface area contributed by atoms with Gasteiger partial charge in [0.15, 0.2) is 0 Å². The van der Waals surface area contributed by atoms with Crippen LogP contribution in [0.4, 0.5) is 0 Å². The van der Waals surface area contributed by atoms with Crippen LogP contribution in [-0.4, -0.2) is 22.8 Å². The van der Waals surface area contributed by atoms with Crippen molar-refractivity contribution in [1.29, 1.82) is 0 Å². The molecule has 78 valence electrons. The van der Waals surface area contributed by atoms with E-state index in [9.17, 15) is 0 Å². The maximum atomic E-state index is 8.86. The minimum absolute atomic E-state index is 0.0862. The van der Waals surface area contributed by atoms with E-state index < -0.39 is 6.04 Å². The summed E-state index contributed by atoms with van der Waals surface area (Å²) in [6.45, 7) is 3.75. The van der Waals surface area contributed by atoms with Crippen molar-refractivity contribution in [3.8, 4) is 5.88 Å². The summed E-state index contributed by atoms with van der Waals surface area (Å²) in [7, 11) is 0. The zero-order chi connectivity index (χ0) is 10.6. The van der Waals surface area contributed by atoms with Crippen LogP contribution in [0.2, 0.25) is 0 Å². The Kier molecular flexibility index (Phi) is 3.85. The van der Waals surface area contributed by atoms with E-state index in [1.807, 2.05) is 19.9 Å². The quantitative estimate of drug-likeness (QED) is 0.749. The molecule has 4 nitrogen and oxygen atoms in total. The molecule has 1 rings (SSSR count). The summed E-state index contributed by atoms with van der Waals surface area (Å²) in [4.78, 5) is 4.18. The van der Waals surface area contributed by atoms with Gasteiger partial charge in [0.05, 0.1) is 24.4 Å². The second-order valence-corrected chi connectivity index (χ2v) is 3.36. The van der Waals surface area contributed by atoms with Gasteiger partial charge in [0.2, 0.25) is 5.88 Å². The SMILES string of the molecule is CC(C)Oc1cccc([C@@H](N)CO)n1. The predicted molar refractivity (Wildman–Crippen MR) is 54.0 cm³/mol. The third-order valence-electron chi connectivity index (χ3n) is 1.68. The normalized spacial score (nSPS) is 12.9. The highest BCUT2D eigenvalue weighted by Gasteiger charge is 2.07. The monoisotopic (exact) mass is 196 g/mol. The van der Waals surface area contributed by atoms with Crippen LogP contribution in [-0.2, 0) is 0 Å². The molecule has 1 heterocycles. The number of ether oxygens (including phenoxy) is 1. The maximum Gasteiger partial charge on any atom is 0.213 e. The number of pyridine rings is 1. The fraction of sp³-hybridized carbons (Fsp3) is 0.500. The highest BCUT2D eigenvalue weighted by molar-refractivity contribution is 5.18. The number of aromatic nitrogens is 1. The molecule has 1 atom stereocenters. The molecular formula is C10H16N2O2. The maximum absolute atomic E-state index is 8.86. The van der Waals surface area contributed by atoms with Gasteiger partial charge in [-0.15, -0.1) is 0 Å². The lowest BCUT2D eigenvalue weighted by atomic mass is 10.2. The van der Waals surface area contributed by atoms with Gasteiger partial charge < -0.3 is 15.6 Å². The van der Waals surface area contributed by atoms with Gasteiger partial charge in [0.1, 0.15) is 0 Å². The Morgan fingerprint density at radius 1 is 1.50 bits per heavy atom. The molecule has 0 amide bonds. The Balaban J connectivity index is 2.78. The standard InChI is InChI=1S/C10H16N2O2/c1-7(2)14-10-5-3-4-9(12-10)8(11)6-13/h3-5,7-8,13H,6,11H2,1-2H3/t8-/m0/s1. The summed E-state index contributed by atoms with van der Waals surface area (Å²) < 4.78 is 5.40. The predicted octanol–water partition coefficient (Wildman–Crippen LogP) is 0.861. The zero-order valence-corrected chi connectivity index (χ0v) is 8.47. The van der Waals surface area contributed by atoms with E-state index >= 15 is 0 Å². The Bertz CT molecular complexity index is 289. The van der Waals surface area contributed by atoms with Crippen molar-refractivity contribution < 1.29 is 9.84 Å². The third-order valence-corrected chi connectivity index (χ3v) is 1.68. The first-order valence-corrected chi connectivity index (χ1v) is 4.63. The van der Waals surface area contributed by atoms with Gasteiger partial charge in [-0.05, 0) is 19.9 Å². The molecule has 14 heavy (non-hydrogen) atoms. The fourth-order valence-corrected chi connectivity index (χ4v) is 1.04. The molecule has 1 aromatic heterocycles. The summed E-state index contributed by atoms with van der Waals surface area (Å²) in [5.74, 6) is 0.543. The molecule has 0 spiro atoms. The topological polar surface area (TPSA) is 68.4 Å². The molecule has 0 aromatic carbocycles. The molecule has 1 aromatic rings. The molecule has 0 aliphatic heterocycles. The van der Waals surface area contributed by atoms with E-state index in [2.05, 4.69) is 4.98 Å². The summed E-state index contributed by atoms with van der Waals surface area (Å²) in [5.41, 5.74) is 6.27. The molecule has 4 heteroatoms. The molecule has 0 bridgehead atoms. The number of aliphatic hydroxyl groups excluding tert-OH is 1. The third kappa shape index (κ3) is 2.97. The minimum atomic E-state index is -0.439. The second kappa shape index (κ2) is 4.93. The van der Waals surface area contributed by atoms with E-state index in [-0.39, 0.29) is 12.7 Å². The fourth-order valence-electron chi connectivity index (χ4n) is 1.04. The molecular weight excluding hydrogens is 180 g/mol. The lowest BCUT2D eigenvalue weighted by molar-refractivity contribution is 0.229. The summed E-state index contributed by atoms with van der Waals surface area (Å²) in [6.07, 6.45) is 0.0862. The van der Waals surface area contributed by atoms with Crippen molar-refractivity contribution in [2.75, 3.05) is 6.61 Å². The van der Waals surface area contributed by atoms with Crippen molar-refractivity contribution in [2.45, 2.75) is 26.0 Å². The Morgan fingerprint density at radius 2 is 2.21 bits per heavy atom. The van der Waals surface area contributed by atoms with Crippen molar-refractivity contribution in [3.63, 3.8) is 0 Å². The number of aliphatic hydroxyl groups is 1. The van der Waals surface area contributed by atoms with Gasteiger partial charge in [-0.3, -0.25) is 0 Å². The molecule has 0 unspecified atom stereocenters. The van der Waals surface area contributed by atoms with Crippen LogP contribution in [0.1, 0.15) is 25.6 Å². The van der Waals surface area contributed by atoms with E-state index in [4.69, 9.17) is 15.6 Å². The molecule has 0 fully saturated rings. The average Bonchev–Trinajstić information content (AvgIpc) is 2.16. The van der Waals surface area contributed by atoms with E-state index in [1.165, 1.54) is 0 Å². The van der Waals surface area contributed by atoms with Crippen LogP contribution >= 0.6 is 0 Å². The highest BCUT2D eigenvalue weighted by Crippen LogP contribution is 2.13. The van der Waals surface area contributed by atoms with Crippen molar-refractivity contribution in [2.24, 2.45) is 5.73 Å². The van der Waals surface area contributed by atoms with Gasteiger partial charge in [0.25, 0.3) is 0 Å². The van der Waals surface area contributed by atoms with Crippen molar-refractivity contribution in [1.82, 2.24) is 4.98 Å². The summed E-state index contributed by atoms with van der Waals surface area (Å²) >= 11 is 0. The molecule has 0 aliphatic rings. The van der Waals surface area contributed by atoms with Gasteiger partial charge >= 0.3 is 0 Å². The number of nitrogens with zero attached hydrogens (tertiary/aromatic N) is 1. The Labute approximate surface area is 83.7 Å². The van der Waals surface area contributed by atoms with Gasteiger partial charge in [-0.25, -0.2) is 4.98 Å². The minimum Gasteiger partial charge on any atom is -0.475 e. The zero-order valence-electron chi connectivity index (χ0n) is 8.47. The second-order valence-electron chi connectivity index (χ2n) is 3.36. The first-order chi connectivity index (χ1) is 6.63. The Hall–Kier alpha value is -1.13. The molecule has 0 saturated carbocycles. The van der Waals surface area contributed by atoms with Crippen LogP contribution in [0, 0.1) is 0 Å². The lowest BCUT2D eigenvalue weighted by Crippen LogP contribution is -2.16. The molecule has 3 N–H and O–H groups in total. The molecule has 0 radical (unpaired) electrons. The van der Waals surface area contributed by atoms with Crippen molar-refractivity contribution in [3.05, 3.63) is 23.9 Å². The Morgan fingerprint density at radius 3 is 2.79 bits per heavy atom. The first-order valence-electron chi connectivity index (χ1n) is 4.63. The van der Waals surface area contributed by atoms with Crippen LogP contribution in [0.3, 0.4) is 0 Å². The highest BCUT2D eigenvalue weighted by atomic mass is 16.5. The van der Waals surface area contributed by atoms with Gasteiger partial charge in [-0.1, -0.05) is 6.07 Å². The smallest absolute Gasteiger partial charge is 0.213 e. The van der Waals surface area contributed by atoms with E-state index in [1.54, 1.807) is 12.1 Å². The summed E-state index contributed by atoms with van der Waals surface area (Å²) in [6, 6.07) is 4.92. The number of hydrogen-bond donors (Lipinski definition) is 2. The van der Waals surface area contributed by atoms with Crippen LogP contribution < -0.4 is 10.5 Å². The number of nitrogens with two attached hydrogens (primary N) is 1. The van der Waals surface area contributed by atoms with Gasteiger partial charge in [-0.2, -0.15) is 0 Å². The lowest BCUT2D eigenvalue weighted by Gasteiger charge is -2.11. The van der Waals surface area contributed by atoms with Crippen LogP contribution in [0.15, 0.2) is 18.2 Å². The largest absolute Gasteiger partial charge is 0.475 e. The average molecular weight is 196 g/mol. The van der Waals surface area contributed by atoms with Crippen molar-refractivity contribution >= 4 is 0 Å². The van der Waals surface area contributed by atoms with E-state index in [0.717, 1.165) is 0 Å². The van der Waals surface area contributed by atoms with Crippen LogP contribution in [0.5, 0.6) is 5.88 Å². The molecule has 0 aliphatic carbocycles. The first kappa shape index (κ1) is 10.9. The number of rotatable bonds is 4. The summed E-state index contributed by atoms with van der Waals surface area (Å²) in [5, 5.41) is 8.86. The van der Waals surface area contributed by atoms with Gasteiger partial charge in [0, 0.05) is 6.07 Å². The molecule has 0 saturated heterocycles. The number of hydrogen-bond acceptors (Lipinski definition) is 4. The van der Waals surface area contributed by atoms with Crippen LogP contribution in [0.25, 0.3) is 0 Å².